The smallest absolute Gasteiger partial charge is 0.136 e. The van der Waals surface area contributed by atoms with E-state index >= 15 is 0 Å². The van der Waals surface area contributed by atoms with Crippen LogP contribution in [0.4, 0.5) is 0 Å². The van der Waals surface area contributed by atoms with Gasteiger partial charge in [-0.25, -0.2) is 0 Å². The van der Waals surface area contributed by atoms with Crippen molar-refractivity contribution in [3.63, 3.8) is 0 Å². The fourth-order valence-corrected chi connectivity index (χ4v) is 10.6. The molecule has 0 aliphatic carbocycles. The van der Waals surface area contributed by atoms with Crippen molar-refractivity contribution < 1.29 is 4.42 Å². The van der Waals surface area contributed by atoms with Crippen LogP contribution >= 0.6 is 0 Å². The Labute approximate surface area is 377 Å². The van der Waals surface area contributed by atoms with Crippen LogP contribution in [0.5, 0.6) is 0 Å². The van der Waals surface area contributed by atoms with Crippen LogP contribution in [0.1, 0.15) is 0 Å². The van der Waals surface area contributed by atoms with Crippen LogP contribution in [0.3, 0.4) is 0 Å². The molecule has 0 unspecified atom stereocenters. The Morgan fingerprint density at radius 2 is 0.508 bits per heavy atom. The maximum Gasteiger partial charge on any atom is 0.136 e. The molecule has 1 heterocycles. The Kier molecular flexibility index (Phi) is 8.60. The van der Waals surface area contributed by atoms with Crippen molar-refractivity contribution in [3.05, 3.63) is 243 Å². The topological polar surface area (TPSA) is 13.1 Å². The summed E-state index contributed by atoms with van der Waals surface area (Å²) in [5.41, 5.74) is 16.3. The Bertz CT molecular complexity index is 3800. The van der Waals surface area contributed by atoms with E-state index in [9.17, 15) is 0 Å². The molecule has 0 aliphatic heterocycles. The SMILES string of the molecule is c1ccc(-c2cc(-c3ccccc3)cc(-c3c4ccccc4c(-c4ccc5oc6cc(-c7c8ccccc8c(-c8ccccc8)c8ccccc78)ccc6c5c4)c4ccccc34)c2)cc1. The number of rotatable bonds is 6. The van der Waals surface area contributed by atoms with Gasteiger partial charge < -0.3 is 4.42 Å². The lowest BCUT2D eigenvalue weighted by Crippen LogP contribution is -1.92. The van der Waals surface area contributed by atoms with Crippen LogP contribution in [0.25, 0.3) is 132 Å². The molecule has 0 radical (unpaired) electrons. The summed E-state index contributed by atoms with van der Waals surface area (Å²) in [6.07, 6.45) is 0. The van der Waals surface area contributed by atoms with Gasteiger partial charge in [0.1, 0.15) is 11.2 Å². The van der Waals surface area contributed by atoms with E-state index < -0.39 is 0 Å². The molecule has 12 aromatic carbocycles. The van der Waals surface area contributed by atoms with E-state index in [4.69, 9.17) is 4.42 Å². The third kappa shape index (κ3) is 6.09. The average Bonchev–Trinajstić information content (AvgIpc) is 3.75. The van der Waals surface area contributed by atoms with Gasteiger partial charge >= 0.3 is 0 Å². The zero-order valence-electron chi connectivity index (χ0n) is 35.5. The van der Waals surface area contributed by atoms with E-state index in [1.54, 1.807) is 0 Å². The van der Waals surface area contributed by atoms with Gasteiger partial charge in [0.15, 0.2) is 0 Å². The number of hydrogen-bond acceptors (Lipinski definition) is 1. The van der Waals surface area contributed by atoms with Gasteiger partial charge in [-0.2, -0.15) is 0 Å². The molecule has 0 bridgehead atoms. The van der Waals surface area contributed by atoms with Crippen molar-refractivity contribution in [1.82, 2.24) is 0 Å². The third-order valence-electron chi connectivity index (χ3n) is 13.4. The number of hydrogen-bond donors (Lipinski definition) is 0. The van der Waals surface area contributed by atoms with Crippen LogP contribution in [-0.2, 0) is 0 Å². The summed E-state index contributed by atoms with van der Waals surface area (Å²) in [5, 5.41) is 12.1. The van der Waals surface area contributed by atoms with E-state index in [-0.39, 0.29) is 0 Å². The zero-order chi connectivity index (χ0) is 42.8. The second-order valence-corrected chi connectivity index (χ2v) is 17.1. The highest BCUT2D eigenvalue weighted by atomic mass is 16.3. The minimum Gasteiger partial charge on any atom is -0.456 e. The van der Waals surface area contributed by atoms with Crippen molar-refractivity contribution >= 4 is 65.0 Å². The first-order valence-corrected chi connectivity index (χ1v) is 22.4. The normalized spacial score (nSPS) is 11.7. The molecule has 0 saturated carbocycles. The molecule has 1 nitrogen and oxygen atoms in total. The van der Waals surface area contributed by atoms with E-state index in [0.717, 1.165) is 27.5 Å². The maximum atomic E-state index is 6.77. The molecule has 1 aromatic heterocycles. The molecule has 0 saturated heterocycles. The van der Waals surface area contributed by atoms with Gasteiger partial charge in [-0.1, -0.05) is 200 Å². The van der Waals surface area contributed by atoms with E-state index in [1.807, 2.05) is 0 Å². The molecule has 13 rings (SSSR count). The molecule has 0 amide bonds. The average molecular weight is 825 g/mol. The first-order chi connectivity index (χ1) is 32.2. The summed E-state index contributed by atoms with van der Waals surface area (Å²) in [4.78, 5) is 0. The van der Waals surface area contributed by atoms with Gasteiger partial charge in [0.05, 0.1) is 0 Å². The minimum atomic E-state index is 0.881. The summed E-state index contributed by atoms with van der Waals surface area (Å²) in [5.74, 6) is 0. The Balaban J connectivity index is 0.996. The zero-order valence-corrected chi connectivity index (χ0v) is 35.5. The van der Waals surface area contributed by atoms with Crippen molar-refractivity contribution in [3.8, 4) is 66.8 Å². The fourth-order valence-electron chi connectivity index (χ4n) is 10.6. The van der Waals surface area contributed by atoms with Crippen molar-refractivity contribution in [2.75, 3.05) is 0 Å². The molecular weight excluding hydrogens is 785 g/mol. The monoisotopic (exact) mass is 824 g/mol. The molecule has 0 spiro atoms. The van der Waals surface area contributed by atoms with Crippen LogP contribution < -0.4 is 0 Å². The molecule has 0 N–H and O–H groups in total. The second kappa shape index (κ2) is 15.1. The van der Waals surface area contributed by atoms with Gasteiger partial charge in [0.25, 0.3) is 0 Å². The molecule has 0 aliphatic rings. The van der Waals surface area contributed by atoms with Crippen LogP contribution in [0.15, 0.2) is 247 Å². The van der Waals surface area contributed by atoms with Crippen LogP contribution in [-0.4, -0.2) is 0 Å². The van der Waals surface area contributed by atoms with E-state index in [2.05, 4.69) is 243 Å². The van der Waals surface area contributed by atoms with Crippen molar-refractivity contribution in [2.24, 2.45) is 0 Å². The molecule has 302 valence electrons. The molecule has 0 fully saturated rings. The van der Waals surface area contributed by atoms with Crippen LogP contribution in [0, 0.1) is 0 Å². The Morgan fingerprint density at radius 1 is 0.169 bits per heavy atom. The lowest BCUT2D eigenvalue weighted by atomic mass is 9.84. The fraction of sp³-hybridized carbons (Fsp3) is 0. The second-order valence-electron chi connectivity index (χ2n) is 17.1. The maximum absolute atomic E-state index is 6.77. The van der Waals surface area contributed by atoms with Gasteiger partial charge in [-0.15, -0.1) is 0 Å². The first kappa shape index (κ1) is 37.1. The lowest BCUT2D eigenvalue weighted by Gasteiger charge is -2.19. The Hall–Kier alpha value is -8.52. The highest BCUT2D eigenvalue weighted by molar-refractivity contribution is 6.24. The van der Waals surface area contributed by atoms with Gasteiger partial charge in [-0.3, -0.25) is 0 Å². The summed E-state index contributed by atoms with van der Waals surface area (Å²) in [6.45, 7) is 0. The standard InChI is InChI=1S/C64H40O/c1-4-18-41(19-5-1)46-36-47(42-20-6-2-7-21-42)38-48(37-46)64-56-30-16-14-28-54(56)62(55-29-15-17-31-57(55)64)44-33-35-59-58(39-44)49-34-32-45(40-60(49)65-59)63-52-26-12-10-24-50(52)61(43-22-8-3-9-23-43)51-25-11-13-27-53(51)63/h1-40H. The quantitative estimate of drug-likeness (QED) is 0.152. The first-order valence-electron chi connectivity index (χ1n) is 22.4. The predicted molar refractivity (Wildman–Crippen MR) is 276 cm³/mol. The number of benzene rings is 12. The number of fused-ring (bicyclic) bond motifs is 7. The lowest BCUT2D eigenvalue weighted by molar-refractivity contribution is 0.669. The third-order valence-corrected chi connectivity index (χ3v) is 13.4. The van der Waals surface area contributed by atoms with E-state index in [1.165, 1.54) is 104 Å². The van der Waals surface area contributed by atoms with Crippen molar-refractivity contribution in [2.45, 2.75) is 0 Å². The molecule has 0 atom stereocenters. The highest BCUT2D eigenvalue weighted by Crippen LogP contribution is 2.48. The predicted octanol–water partition coefficient (Wildman–Crippen LogP) is 18.2. The van der Waals surface area contributed by atoms with Crippen LogP contribution in [0.2, 0.25) is 0 Å². The summed E-state index contributed by atoms with van der Waals surface area (Å²) in [7, 11) is 0. The van der Waals surface area contributed by atoms with Gasteiger partial charge in [0.2, 0.25) is 0 Å². The molecule has 13 aromatic rings. The largest absolute Gasteiger partial charge is 0.456 e. The molecule has 65 heavy (non-hydrogen) atoms. The summed E-state index contributed by atoms with van der Waals surface area (Å²) < 4.78 is 6.77. The van der Waals surface area contributed by atoms with Gasteiger partial charge in [0, 0.05) is 10.8 Å². The van der Waals surface area contributed by atoms with Gasteiger partial charge in [-0.05, 0) is 152 Å². The Morgan fingerprint density at radius 3 is 0.954 bits per heavy atom. The van der Waals surface area contributed by atoms with Crippen molar-refractivity contribution in [1.29, 1.82) is 0 Å². The molecular formula is C64H40O. The molecule has 1 heteroatoms. The summed E-state index contributed by atoms with van der Waals surface area (Å²) in [6, 6.07) is 88.4. The summed E-state index contributed by atoms with van der Waals surface area (Å²) >= 11 is 0. The highest BCUT2D eigenvalue weighted by Gasteiger charge is 2.21. The minimum absolute atomic E-state index is 0.881. The van der Waals surface area contributed by atoms with E-state index in [0.29, 0.717) is 0 Å². The number of furan rings is 1.